The van der Waals surface area contributed by atoms with Crippen molar-refractivity contribution >= 4 is 12.0 Å². The number of rotatable bonds is 7. The summed E-state index contributed by atoms with van der Waals surface area (Å²) in [6.45, 7) is 4.87. The minimum atomic E-state index is 0.466. The molecule has 0 aliphatic rings. The molecule has 1 aromatic heterocycles. The number of nitrogens with zero attached hydrogens (tertiary/aromatic N) is 2. The molecule has 22 heavy (non-hydrogen) atoms. The first-order chi connectivity index (χ1) is 10.7. The highest BCUT2D eigenvalue weighted by molar-refractivity contribution is 5.81. The fraction of sp³-hybridized carbons (Fsp3) is 0.294. The lowest BCUT2D eigenvalue weighted by molar-refractivity contribution is 0.257. The Morgan fingerprint density at radius 3 is 2.77 bits per heavy atom. The van der Waals surface area contributed by atoms with Crippen LogP contribution in [0.4, 0.5) is 5.82 Å². The predicted octanol–water partition coefficient (Wildman–Crippen LogP) is 3.57. The zero-order chi connectivity index (χ0) is 15.8. The maximum Gasteiger partial charge on any atom is 0.161 e. The van der Waals surface area contributed by atoms with Gasteiger partial charge in [-0.25, -0.2) is 4.98 Å². The summed E-state index contributed by atoms with van der Waals surface area (Å²) in [5, 5.41) is 4.16. The minimum absolute atomic E-state index is 0.466. The highest BCUT2D eigenvalue weighted by Gasteiger charge is 2.06. The van der Waals surface area contributed by atoms with Gasteiger partial charge in [-0.05, 0) is 41.8 Å². The molecule has 0 fully saturated rings. The zero-order valence-electron chi connectivity index (χ0n) is 13.1. The van der Waals surface area contributed by atoms with E-state index in [1.54, 1.807) is 19.5 Å². The topological polar surface area (TPSA) is 55.7 Å². The number of methoxy groups -OCH3 is 1. The van der Waals surface area contributed by atoms with Crippen molar-refractivity contribution in [3.05, 3.63) is 48.2 Å². The Morgan fingerprint density at radius 1 is 1.23 bits per heavy atom. The Bertz CT molecular complexity index is 613. The van der Waals surface area contributed by atoms with Crippen molar-refractivity contribution in [3.8, 4) is 11.5 Å². The number of benzene rings is 1. The van der Waals surface area contributed by atoms with E-state index < -0.39 is 0 Å². The summed E-state index contributed by atoms with van der Waals surface area (Å²) < 4.78 is 11.1. The summed E-state index contributed by atoms with van der Waals surface area (Å²) in [5.74, 6) is 2.60. The number of hydrogen-bond acceptors (Lipinski definition) is 5. The van der Waals surface area contributed by atoms with E-state index in [1.165, 1.54) is 0 Å². The summed E-state index contributed by atoms with van der Waals surface area (Å²) in [6, 6.07) is 11.3. The van der Waals surface area contributed by atoms with Gasteiger partial charge in [0.1, 0.15) is 5.82 Å². The Hall–Kier alpha value is -2.56. The van der Waals surface area contributed by atoms with Gasteiger partial charge >= 0.3 is 0 Å². The third kappa shape index (κ3) is 4.77. The zero-order valence-corrected chi connectivity index (χ0v) is 13.1. The highest BCUT2D eigenvalue weighted by atomic mass is 16.5. The fourth-order valence-electron chi connectivity index (χ4n) is 1.74. The quantitative estimate of drug-likeness (QED) is 0.627. The first-order valence-electron chi connectivity index (χ1n) is 7.20. The van der Waals surface area contributed by atoms with Gasteiger partial charge in [0.2, 0.25) is 0 Å². The molecule has 0 unspecified atom stereocenters. The molecule has 2 aromatic rings. The van der Waals surface area contributed by atoms with Crippen LogP contribution in [0.3, 0.4) is 0 Å². The van der Waals surface area contributed by atoms with Gasteiger partial charge in [-0.15, -0.1) is 0 Å². The molecule has 2 rings (SSSR count). The summed E-state index contributed by atoms with van der Waals surface area (Å²) >= 11 is 0. The van der Waals surface area contributed by atoms with Crippen LogP contribution >= 0.6 is 0 Å². The highest BCUT2D eigenvalue weighted by Crippen LogP contribution is 2.27. The predicted molar refractivity (Wildman–Crippen MR) is 88.8 cm³/mol. The average molecular weight is 299 g/mol. The molecule has 0 aliphatic heterocycles. The van der Waals surface area contributed by atoms with Crippen molar-refractivity contribution < 1.29 is 9.47 Å². The van der Waals surface area contributed by atoms with Gasteiger partial charge < -0.3 is 9.47 Å². The normalized spacial score (nSPS) is 10.9. The molecule has 0 radical (unpaired) electrons. The fourth-order valence-corrected chi connectivity index (χ4v) is 1.74. The van der Waals surface area contributed by atoms with Crippen LogP contribution in [0.1, 0.15) is 19.4 Å². The van der Waals surface area contributed by atoms with Crippen LogP contribution in [0, 0.1) is 5.92 Å². The lowest BCUT2D eigenvalue weighted by Gasteiger charge is -2.12. The van der Waals surface area contributed by atoms with Crippen molar-refractivity contribution in [2.45, 2.75) is 13.8 Å². The van der Waals surface area contributed by atoms with E-state index in [1.807, 2.05) is 36.4 Å². The molecule has 0 bridgehead atoms. The molecule has 0 spiro atoms. The molecule has 0 atom stereocenters. The second-order valence-electron chi connectivity index (χ2n) is 5.20. The molecule has 0 aliphatic carbocycles. The van der Waals surface area contributed by atoms with E-state index in [9.17, 15) is 0 Å². The summed E-state index contributed by atoms with van der Waals surface area (Å²) in [4.78, 5) is 4.13. The third-order valence-electron chi connectivity index (χ3n) is 2.82. The Balaban J connectivity index is 2.02. The Kier molecular flexibility index (Phi) is 5.77. The van der Waals surface area contributed by atoms with E-state index >= 15 is 0 Å². The first-order valence-corrected chi connectivity index (χ1v) is 7.20. The number of hydrazone groups is 1. The lowest BCUT2D eigenvalue weighted by Crippen LogP contribution is -2.05. The van der Waals surface area contributed by atoms with Crippen molar-refractivity contribution in [2.24, 2.45) is 11.0 Å². The number of hydrogen-bond donors (Lipinski definition) is 1. The number of ether oxygens (including phenoxy) is 2. The summed E-state index contributed by atoms with van der Waals surface area (Å²) in [5.41, 5.74) is 3.79. The molecule has 0 amide bonds. The number of pyridine rings is 1. The largest absolute Gasteiger partial charge is 0.493 e. The van der Waals surface area contributed by atoms with Gasteiger partial charge in [-0.2, -0.15) is 5.10 Å². The molecular formula is C17H21N3O2. The summed E-state index contributed by atoms with van der Waals surface area (Å²) in [6.07, 6.45) is 3.42. The van der Waals surface area contributed by atoms with Crippen LogP contribution < -0.4 is 14.9 Å². The molecule has 1 heterocycles. The molecule has 5 heteroatoms. The number of aromatic nitrogens is 1. The van der Waals surface area contributed by atoms with Crippen LogP contribution in [-0.4, -0.2) is 24.9 Å². The maximum absolute atomic E-state index is 5.72. The van der Waals surface area contributed by atoms with Crippen molar-refractivity contribution in [1.29, 1.82) is 0 Å². The van der Waals surface area contributed by atoms with E-state index in [0.717, 1.165) is 11.3 Å². The minimum Gasteiger partial charge on any atom is -0.493 e. The number of nitrogens with one attached hydrogen (secondary N) is 1. The van der Waals surface area contributed by atoms with Gasteiger partial charge in [0.05, 0.1) is 19.9 Å². The molecule has 5 nitrogen and oxygen atoms in total. The molecule has 0 saturated carbocycles. The SMILES string of the molecule is COc1cc(/C=N/Nc2ccccn2)ccc1OCC(C)C. The Labute approximate surface area is 131 Å². The molecule has 1 N–H and O–H groups in total. The van der Waals surface area contributed by atoms with Crippen LogP contribution in [-0.2, 0) is 0 Å². The van der Waals surface area contributed by atoms with E-state index in [-0.39, 0.29) is 0 Å². The van der Waals surface area contributed by atoms with Crippen LogP contribution in [0.25, 0.3) is 0 Å². The van der Waals surface area contributed by atoms with E-state index in [0.29, 0.717) is 24.1 Å². The van der Waals surface area contributed by atoms with Crippen LogP contribution in [0.15, 0.2) is 47.7 Å². The van der Waals surface area contributed by atoms with E-state index in [2.05, 4.69) is 29.4 Å². The van der Waals surface area contributed by atoms with Crippen molar-refractivity contribution in [2.75, 3.05) is 19.1 Å². The molecular weight excluding hydrogens is 278 g/mol. The molecule has 116 valence electrons. The van der Waals surface area contributed by atoms with Gasteiger partial charge in [0, 0.05) is 6.20 Å². The van der Waals surface area contributed by atoms with Crippen molar-refractivity contribution in [1.82, 2.24) is 4.98 Å². The molecule has 1 aromatic carbocycles. The van der Waals surface area contributed by atoms with Gasteiger partial charge in [0.15, 0.2) is 11.5 Å². The monoisotopic (exact) mass is 299 g/mol. The summed E-state index contributed by atoms with van der Waals surface area (Å²) in [7, 11) is 1.63. The Morgan fingerprint density at radius 2 is 2.09 bits per heavy atom. The molecule has 0 saturated heterocycles. The van der Waals surface area contributed by atoms with Crippen molar-refractivity contribution in [3.63, 3.8) is 0 Å². The van der Waals surface area contributed by atoms with Crippen LogP contribution in [0.5, 0.6) is 11.5 Å². The second kappa shape index (κ2) is 8.02. The number of anilines is 1. The van der Waals surface area contributed by atoms with Crippen LogP contribution in [0.2, 0.25) is 0 Å². The maximum atomic E-state index is 5.72. The second-order valence-corrected chi connectivity index (χ2v) is 5.20. The standard InChI is InChI=1S/C17H21N3O2/c1-13(2)12-22-15-8-7-14(10-16(15)21-3)11-19-20-17-6-4-5-9-18-17/h4-11,13H,12H2,1-3H3,(H,18,20)/b19-11+. The van der Waals surface area contributed by atoms with E-state index in [4.69, 9.17) is 9.47 Å². The smallest absolute Gasteiger partial charge is 0.161 e. The first kappa shape index (κ1) is 15.8. The van der Waals surface area contributed by atoms with Gasteiger partial charge in [0.25, 0.3) is 0 Å². The third-order valence-corrected chi connectivity index (χ3v) is 2.82. The lowest BCUT2D eigenvalue weighted by atomic mass is 10.2. The van der Waals surface area contributed by atoms with Gasteiger partial charge in [-0.3, -0.25) is 5.43 Å². The van der Waals surface area contributed by atoms with Gasteiger partial charge in [-0.1, -0.05) is 19.9 Å². The average Bonchev–Trinajstić information content (AvgIpc) is 2.54.